The molecular formula is C11H16F3NO2. The van der Waals surface area contributed by atoms with Crippen molar-refractivity contribution < 1.29 is 22.7 Å². The van der Waals surface area contributed by atoms with Crippen molar-refractivity contribution in [2.75, 3.05) is 0 Å². The second-order valence-electron chi connectivity index (χ2n) is 5.75. The summed E-state index contributed by atoms with van der Waals surface area (Å²) in [5.74, 6) is -2.18. The fraction of sp³-hybridized carbons (Fsp3) is 0.909. The highest BCUT2D eigenvalue weighted by molar-refractivity contribution is 5.77. The van der Waals surface area contributed by atoms with Gasteiger partial charge in [0.1, 0.15) is 11.6 Å². The Labute approximate surface area is 97.7 Å². The van der Waals surface area contributed by atoms with E-state index < -0.39 is 41.7 Å². The number of fused-ring (bicyclic) bond motifs is 1. The number of rotatable bonds is 1. The summed E-state index contributed by atoms with van der Waals surface area (Å²) in [6.45, 7) is 5.21. The summed E-state index contributed by atoms with van der Waals surface area (Å²) in [5.41, 5.74) is -0.602. The maximum absolute atomic E-state index is 12.4. The fourth-order valence-corrected chi connectivity index (χ4v) is 2.45. The zero-order valence-electron chi connectivity index (χ0n) is 9.97. The number of nitrogens with one attached hydrogen (secondary N) is 1. The summed E-state index contributed by atoms with van der Waals surface area (Å²) in [6, 6.07) is -1.17. The molecule has 1 saturated carbocycles. The molecule has 0 bridgehead atoms. The van der Waals surface area contributed by atoms with Crippen molar-refractivity contribution in [1.29, 1.82) is 0 Å². The third-order valence-electron chi connectivity index (χ3n) is 3.14. The second kappa shape index (κ2) is 3.60. The minimum absolute atomic E-state index is 0.226. The van der Waals surface area contributed by atoms with Gasteiger partial charge in [-0.3, -0.25) is 4.79 Å². The van der Waals surface area contributed by atoms with Gasteiger partial charge in [0.2, 0.25) is 0 Å². The molecule has 1 saturated heterocycles. The first-order valence-electron chi connectivity index (χ1n) is 5.65. The number of carbonyl (C=O) groups excluding carboxylic acids is 1. The van der Waals surface area contributed by atoms with E-state index in [-0.39, 0.29) is 6.42 Å². The van der Waals surface area contributed by atoms with Crippen molar-refractivity contribution in [2.24, 2.45) is 11.8 Å². The lowest BCUT2D eigenvalue weighted by Gasteiger charge is -2.23. The Hall–Kier alpha value is -0.780. The highest BCUT2D eigenvalue weighted by atomic mass is 19.4. The van der Waals surface area contributed by atoms with Crippen molar-refractivity contribution in [1.82, 2.24) is 5.32 Å². The Kier molecular flexibility index (Phi) is 2.69. The van der Waals surface area contributed by atoms with Crippen molar-refractivity contribution in [3.63, 3.8) is 0 Å². The Morgan fingerprint density at radius 1 is 1.29 bits per heavy atom. The van der Waals surface area contributed by atoms with E-state index in [0.29, 0.717) is 0 Å². The summed E-state index contributed by atoms with van der Waals surface area (Å²) in [6.07, 6.45) is -3.93. The molecule has 0 amide bonds. The average Bonchev–Trinajstić information content (AvgIpc) is 2.61. The summed E-state index contributed by atoms with van der Waals surface area (Å²) in [4.78, 5) is 11.6. The van der Waals surface area contributed by atoms with Crippen LogP contribution >= 0.6 is 0 Å². The quantitative estimate of drug-likeness (QED) is 0.723. The predicted molar refractivity (Wildman–Crippen MR) is 54.2 cm³/mol. The molecule has 2 aliphatic rings. The molecule has 1 heterocycles. The lowest BCUT2D eigenvalue weighted by Crippen LogP contribution is -2.41. The average molecular weight is 251 g/mol. The molecule has 0 radical (unpaired) electrons. The van der Waals surface area contributed by atoms with Crippen molar-refractivity contribution in [2.45, 2.75) is 51.1 Å². The van der Waals surface area contributed by atoms with Crippen LogP contribution in [0.4, 0.5) is 13.2 Å². The molecule has 4 atom stereocenters. The van der Waals surface area contributed by atoms with Crippen LogP contribution in [-0.2, 0) is 9.53 Å². The number of ether oxygens (including phenoxy) is 1. The number of alkyl halides is 3. The minimum atomic E-state index is -4.15. The van der Waals surface area contributed by atoms with E-state index in [2.05, 4.69) is 5.32 Å². The van der Waals surface area contributed by atoms with Crippen LogP contribution < -0.4 is 5.32 Å². The van der Waals surface area contributed by atoms with Crippen LogP contribution in [0, 0.1) is 11.8 Å². The molecule has 6 heteroatoms. The van der Waals surface area contributed by atoms with E-state index in [4.69, 9.17) is 4.74 Å². The Morgan fingerprint density at radius 3 is 2.24 bits per heavy atom. The van der Waals surface area contributed by atoms with Crippen LogP contribution in [0.25, 0.3) is 0 Å². The Morgan fingerprint density at radius 2 is 1.88 bits per heavy atom. The number of esters is 1. The van der Waals surface area contributed by atoms with Gasteiger partial charge in [-0.15, -0.1) is 0 Å². The van der Waals surface area contributed by atoms with Crippen molar-refractivity contribution >= 4 is 5.97 Å². The third-order valence-corrected chi connectivity index (χ3v) is 3.14. The van der Waals surface area contributed by atoms with Crippen LogP contribution in [0.3, 0.4) is 0 Å². The number of halogens is 3. The topological polar surface area (TPSA) is 38.3 Å². The van der Waals surface area contributed by atoms with Gasteiger partial charge in [-0.05, 0) is 33.1 Å². The zero-order chi connectivity index (χ0) is 13.0. The SMILES string of the molecule is CC(C)(C)OC(=O)[C@@H]1C[C@@H]2[C@H](N1)[C@H]2C(F)(F)F. The normalized spacial score (nSPS) is 36.6. The number of piperidine rings is 1. The molecule has 17 heavy (non-hydrogen) atoms. The van der Waals surface area contributed by atoms with Gasteiger partial charge in [-0.2, -0.15) is 13.2 Å². The van der Waals surface area contributed by atoms with Crippen LogP contribution in [0.2, 0.25) is 0 Å². The summed E-state index contributed by atoms with van der Waals surface area (Å²) < 4.78 is 42.3. The molecule has 2 rings (SSSR count). The number of hydrogen-bond acceptors (Lipinski definition) is 3. The molecular weight excluding hydrogens is 235 g/mol. The van der Waals surface area contributed by atoms with Crippen LogP contribution in [-0.4, -0.2) is 29.8 Å². The van der Waals surface area contributed by atoms with Gasteiger partial charge in [0.15, 0.2) is 0 Å². The zero-order valence-corrected chi connectivity index (χ0v) is 9.97. The number of hydrogen-bond donors (Lipinski definition) is 1. The van der Waals surface area contributed by atoms with Gasteiger partial charge < -0.3 is 10.1 Å². The maximum atomic E-state index is 12.4. The van der Waals surface area contributed by atoms with Crippen LogP contribution in [0.1, 0.15) is 27.2 Å². The van der Waals surface area contributed by atoms with E-state index in [9.17, 15) is 18.0 Å². The van der Waals surface area contributed by atoms with Gasteiger partial charge in [0.05, 0.1) is 5.92 Å². The first-order chi connectivity index (χ1) is 7.59. The Balaban J connectivity index is 1.86. The lowest BCUT2D eigenvalue weighted by molar-refractivity contribution is -0.163. The first kappa shape index (κ1) is 12.7. The molecule has 0 spiro atoms. The van der Waals surface area contributed by atoms with Gasteiger partial charge >= 0.3 is 12.1 Å². The van der Waals surface area contributed by atoms with Crippen LogP contribution in [0.5, 0.6) is 0 Å². The molecule has 3 nitrogen and oxygen atoms in total. The molecule has 2 fully saturated rings. The molecule has 1 aliphatic heterocycles. The highest BCUT2D eigenvalue weighted by Crippen LogP contribution is 2.55. The van der Waals surface area contributed by atoms with E-state index in [0.717, 1.165) is 0 Å². The van der Waals surface area contributed by atoms with Gasteiger partial charge in [0, 0.05) is 6.04 Å². The smallest absolute Gasteiger partial charge is 0.393 e. The molecule has 1 aliphatic carbocycles. The predicted octanol–water partition coefficient (Wildman–Crippen LogP) is 1.87. The van der Waals surface area contributed by atoms with Gasteiger partial charge in [-0.25, -0.2) is 0 Å². The monoisotopic (exact) mass is 251 g/mol. The van der Waals surface area contributed by atoms with E-state index in [1.165, 1.54) is 0 Å². The second-order valence-corrected chi connectivity index (χ2v) is 5.75. The molecule has 1 N–H and O–H groups in total. The summed E-state index contributed by atoms with van der Waals surface area (Å²) in [7, 11) is 0. The van der Waals surface area contributed by atoms with Gasteiger partial charge in [-0.1, -0.05) is 0 Å². The van der Waals surface area contributed by atoms with Gasteiger partial charge in [0.25, 0.3) is 0 Å². The molecule has 0 aromatic carbocycles. The molecule has 0 aromatic heterocycles. The van der Waals surface area contributed by atoms with Crippen molar-refractivity contribution in [3.8, 4) is 0 Å². The molecule has 0 aromatic rings. The Bertz CT molecular complexity index is 323. The molecule has 0 unspecified atom stereocenters. The largest absolute Gasteiger partial charge is 0.459 e. The number of carbonyl (C=O) groups is 1. The van der Waals surface area contributed by atoms with Crippen molar-refractivity contribution in [3.05, 3.63) is 0 Å². The van der Waals surface area contributed by atoms with E-state index in [1.54, 1.807) is 20.8 Å². The standard InChI is InChI=1S/C11H16F3NO2/c1-10(2,3)17-9(16)6-4-5-7(8(5)15-6)11(12,13)14/h5-8,15H,4H2,1-3H3/t5-,6-,7-,8-/m0/s1. The first-order valence-corrected chi connectivity index (χ1v) is 5.65. The minimum Gasteiger partial charge on any atom is -0.459 e. The summed E-state index contributed by atoms with van der Waals surface area (Å²) in [5, 5.41) is 2.71. The lowest BCUT2D eigenvalue weighted by atomic mass is 10.1. The van der Waals surface area contributed by atoms with Crippen LogP contribution in [0.15, 0.2) is 0 Å². The third kappa shape index (κ3) is 2.56. The van der Waals surface area contributed by atoms with E-state index >= 15 is 0 Å². The molecule has 98 valence electrons. The summed E-state index contributed by atoms with van der Waals surface area (Å²) >= 11 is 0. The van der Waals surface area contributed by atoms with E-state index in [1.807, 2.05) is 0 Å². The fourth-order valence-electron chi connectivity index (χ4n) is 2.45. The maximum Gasteiger partial charge on any atom is 0.393 e. The highest BCUT2D eigenvalue weighted by Gasteiger charge is 2.68.